The van der Waals surface area contributed by atoms with E-state index in [9.17, 15) is 19.8 Å². The Bertz CT molecular complexity index is 982. The molecule has 0 bridgehead atoms. The molecule has 0 fully saturated rings. The van der Waals surface area contributed by atoms with Gasteiger partial charge in [-0.15, -0.1) is 0 Å². The van der Waals surface area contributed by atoms with Gasteiger partial charge < -0.3 is 20.3 Å². The van der Waals surface area contributed by atoms with Gasteiger partial charge in [0, 0.05) is 12.8 Å². The number of aliphatic hydroxyl groups excluding tert-OH is 2. The molecule has 0 aromatic carbocycles. The van der Waals surface area contributed by atoms with Gasteiger partial charge in [0.1, 0.15) is 0 Å². The van der Waals surface area contributed by atoms with Gasteiger partial charge in [0.2, 0.25) is 5.91 Å². The first-order chi connectivity index (χ1) is 31.0. The van der Waals surface area contributed by atoms with Crippen LogP contribution in [0.5, 0.6) is 0 Å². The molecule has 63 heavy (non-hydrogen) atoms. The number of carbonyl (C=O) groups is 2. The molecule has 1 amide bonds. The molecule has 0 spiro atoms. The van der Waals surface area contributed by atoms with E-state index in [1.807, 2.05) is 6.08 Å². The Labute approximate surface area is 392 Å². The Hall–Kier alpha value is -1.66. The van der Waals surface area contributed by atoms with Crippen LogP contribution in [0.4, 0.5) is 0 Å². The Morgan fingerprint density at radius 3 is 1.13 bits per heavy atom. The van der Waals surface area contributed by atoms with Gasteiger partial charge in [-0.1, -0.05) is 256 Å². The number of rotatable bonds is 52. The summed E-state index contributed by atoms with van der Waals surface area (Å²) >= 11 is 0. The maximum atomic E-state index is 12.4. The number of allylic oxidation sites excluding steroid dienone is 3. The first-order valence-electron chi connectivity index (χ1n) is 28.1. The summed E-state index contributed by atoms with van der Waals surface area (Å²) in [6.45, 7) is 4.90. The van der Waals surface area contributed by atoms with Crippen molar-refractivity contribution < 1.29 is 24.5 Å². The maximum absolute atomic E-state index is 12.4. The SMILES string of the molecule is CCCCCCCCCCCCCC/C=C/C(O)C(CO)NC(=O)CCCCCCCCC/C=C\CCCCCCCCCCOC(=O)CCCCCCCCCCCCCCC. The van der Waals surface area contributed by atoms with Crippen LogP contribution in [0.3, 0.4) is 0 Å². The number of carbonyl (C=O) groups excluding carboxylic acids is 2. The Morgan fingerprint density at radius 2 is 0.746 bits per heavy atom. The van der Waals surface area contributed by atoms with Gasteiger partial charge in [0.05, 0.1) is 25.4 Å². The summed E-state index contributed by atoms with van der Waals surface area (Å²) in [6, 6.07) is -0.634. The van der Waals surface area contributed by atoms with Crippen LogP contribution in [-0.4, -0.2) is 47.4 Å². The van der Waals surface area contributed by atoms with Crippen molar-refractivity contribution in [3.8, 4) is 0 Å². The first-order valence-corrected chi connectivity index (χ1v) is 28.1. The highest BCUT2D eigenvalue weighted by molar-refractivity contribution is 5.76. The van der Waals surface area contributed by atoms with Crippen LogP contribution in [0.25, 0.3) is 0 Å². The highest BCUT2D eigenvalue weighted by atomic mass is 16.5. The zero-order valence-electron chi connectivity index (χ0n) is 42.3. The quantitative estimate of drug-likeness (QED) is 0.0321. The Kier molecular flexibility index (Phi) is 51.6. The number of ether oxygens (including phenoxy) is 1. The summed E-state index contributed by atoms with van der Waals surface area (Å²) in [5.74, 6) is -0.0724. The van der Waals surface area contributed by atoms with Gasteiger partial charge in [0.25, 0.3) is 0 Å². The molecule has 0 radical (unpaired) electrons. The van der Waals surface area contributed by atoms with E-state index in [2.05, 4.69) is 31.3 Å². The highest BCUT2D eigenvalue weighted by Gasteiger charge is 2.18. The summed E-state index contributed by atoms with van der Waals surface area (Å²) < 4.78 is 5.47. The molecule has 6 heteroatoms. The van der Waals surface area contributed by atoms with Gasteiger partial charge in [-0.05, 0) is 57.8 Å². The van der Waals surface area contributed by atoms with Crippen molar-refractivity contribution in [3.05, 3.63) is 24.3 Å². The van der Waals surface area contributed by atoms with E-state index in [0.29, 0.717) is 19.4 Å². The predicted octanol–water partition coefficient (Wildman–Crippen LogP) is 17.1. The highest BCUT2D eigenvalue weighted by Crippen LogP contribution is 2.16. The van der Waals surface area contributed by atoms with E-state index in [-0.39, 0.29) is 18.5 Å². The summed E-state index contributed by atoms with van der Waals surface area (Å²) in [5.41, 5.74) is 0. The fourth-order valence-corrected chi connectivity index (χ4v) is 8.63. The number of esters is 1. The topological polar surface area (TPSA) is 95.9 Å². The molecule has 2 atom stereocenters. The normalized spacial score (nSPS) is 12.8. The third-order valence-electron chi connectivity index (χ3n) is 13.0. The van der Waals surface area contributed by atoms with Crippen molar-refractivity contribution in [1.29, 1.82) is 0 Å². The Balaban J connectivity index is 3.46. The Morgan fingerprint density at radius 1 is 0.429 bits per heavy atom. The second kappa shape index (κ2) is 53.0. The van der Waals surface area contributed by atoms with E-state index in [4.69, 9.17) is 4.74 Å². The zero-order valence-corrected chi connectivity index (χ0v) is 42.3. The van der Waals surface area contributed by atoms with Gasteiger partial charge >= 0.3 is 5.97 Å². The molecule has 3 N–H and O–H groups in total. The summed E-state index contributed by atoms with van der Waals surface area (Å²) in [6.07, 6.45) is 63.3. The lowest BCUT2D eigenvalue weighted by molar-refractivity contribution is -0.143. The smallest absolute Gasteiger partial charge is 0.305 e. The van der Waals surface area contributed by atoms with Gasteiger partial charge in [0.15, 0.2) is 0 Å². The predicted molar refractivity (Wildman–Crippen MR) is 273 cm³/mol. The van der Waals surface area contributed by atoms with Crippen LogP contribution < -0.4 is 5.32 Å². The van der Waals surface area contributed by atoms with Crippen molar-refractivity contribution in [3.63, 3.8) is 0 Å². The summed E-state index contributed by atoms with van der Waals surface area (Å²) in [5, 5.41) is 23.1. The zero-order chi connectivity index (χ0) is 45.8. The minimum atomic E-state index is -0.849. The van der Waals surface area contributed by atoms with Gasteiger partial charge in [-0.2, -0.15) is 0 Å². The molecule has 0 aromatic heterocycles. The second-order valence-corrected chi connectivity index (χ2v) is 19.3. The largest absolute Gasteiger partial charge is 0.466 e. The molecular formula is C57H109NO5. The summed E-state index contributed by atoms with van der Waals surface area (Å²) in [4.78, 5) is 24.4. The fraction of sp³-hybridized carbons (Fsp3) is 0.895. The van der Waals surface area contributed by atoms with Gasteiger partial charge in [-0.3, -0.25) is 9.59 Å². The minimum Gasteiger partial charge on any atom is -0.466 e. The standard InChI is InChI=1S/C57H109NO5/c1-3-5-7-9-11-13-15-17-26-29-33-37-41-45-49-55(60)54(53-59)58-56(61)50-46-42-38-34-30-27-23-21-19-18-20-22-24-28-32-36-40-44-48-52-63-57(62)51-47-43-39-35-31-25-16-14-12-10-8-6-4-2/h18-19,45,49,54-55,59-60H,3-17,20-44,46-48,50-53H2,1-2H3,(H,58,61)/b19-18-,49-45+. The molecule has 0 aliphatic carbocycles. The number of hydrogen-bond acceptors (Lipinski definition) is 5. The third kappa shape index (κ3) is 49.6. The third-order valence-corrected chi connectivity index (χ3v) is 13.0. The van der Waals surface area contributed by atoms with E-state index < -0.39 is 12.1 Å². The van der Waals surface area contributed by atoms with Crippen LogP contribution in [-0.2, 0) is 14.3 Å². The molecule has 0 aliphatic rings. The molecule has 2 unspecified atom stereocenters. The lowest BCUT2D eigenvalue weighted by Gasteiger charge is -2.20. The molecule has 372 valence electrons. The van der Waals surface area contributed by atoms with Crippen LogP contribution >= 0.6 is 0 Å². The lowest BCUT2D eigenvalue weighted by atomic mass is 10.0. The number of aliphatic hydroxyl groups is 2. The lowest BCUT2D eigenvalue weighted by Crippen LogP contribution is -2.45. The summed E-state index contributed by atoms with van der Waals surface area (Å²) in [7, 11) is 0. The van der Waals surface area contributed by atoms with E-state index >= 15 is 0 Å². The molecule has 0 saturated carbocycles. The van der Waals surface area contributed by atoms with E-state index in [0.717, 1.165) is 51.4 Å². The van der Waals surface area contributed by atoms with Crippen LogP contribution in [0, 0.1) is 0 Å². The van der Waals surface area contributed by atoms with Crippen molar-refractivity contribution in [1.82, 2.24) is 5.32 Å². The molecule has 6 nitrogen and oxygen atoms in total. The van der Waals surface area contributed by atoms with Crippen molar-refractivity contribution in [2.75, 3.05) is 13.2 Å². The number of hydrogen-bond donors (Lipinski definition) is 3. The number of amides is 1. The van der Waals surface area contributed by atoms with Crippen LogP contribution in [0.15, 0.2) is 24.3 Å². The molecule has 0 saturated heterocycles. The average molecular weight is 889 g/mol. The second-order valence-electron chi connectivity index (χ2n) is 19.3. The number of nitrogens with one attached hydrogen (secondary N) is 1. The van der Waals surface area contributed by atoms with Crippen molar-refractivity contribution in [2.24, 2.45) is 0 Å². The monoisotopic (exact) mass is 888 g/mol. The van der Waals surface area contributed by atoms with Crippen molar-refractivity contribution in [2.45, 2.75) is 315 Å². The molecule has 0 aliphatic heterocycles. The van der Waals surface area contributed by atoms with Crippen LogP contribution in [0.2, 0.25) is 0 Å². The maximum Gasteiger partial charge on any atom is 0.305 e. The molecule has 0 heterocycles. The van der Waals surface area contributed by atoms with E-state index in [1.54, 1.807) is 6.08 Å². The fourth-order valence-electron chi connectivity index (χ4n) is 8.63. The first kappa shape index (κ1) is 61.3. The molecule has 0 aromatic rings. The van der Waals surface area contributed by atoms with E-state index in [1.165, 1.54) is 225 Å². The average Bonchev–Trinajstić information content (AvgIpc) is 3.28. The number of unbranched alkanes of at least 4 members (excludes halogenated alkanes) is 39. The minimum absolute atomic E-state index is 0.00464. The molecular weight excluding hydrogens is 779 g/mol. The molecule has 0 rings (SSSR count). The van der Waals surface area contributed by atoms with Crippen LogP contribution in [0.1, 0.15) is 303 Å². The van der Waals surface area contributed by atoms with Gasteiger partial charge in [-0.25, -0.2) is 0 Å². The van der Waals surface area contributed by atoms with Crippen molar-refractivity contribution >= 4 is 11.9 Å².